The van der Waals surface area contributed by atoms with Gasteiger partial charge in [0.05, 0.1) is 11.1 Å². The van der Waals surface area contributed by atoms with Crippen molar-refractivity contribution >= 4 is 11.9 Å². The highest BCUT2D eigenvalue weighted by Crippen LogP contribution is 2.52. The molecule has 0 unspecified atom stereocenters. The first-order valence-electron chi connectivity index (χ1n) is 8.32. The Morgan fingerprint density at radius 2 is 1.89 bits per heavy atom. The maximum absolute atomic E-state index is 12.8. The predicted octanol–water partition coefficient (Wildman–Crippen LogP) is 2.52. The molecule has 2 N–H and O–H groups in total. The van der Waals surface area contributed by atoms with E-state index in [0.29, 0.717) is 12.0 Å². The number of nitrogens with zero attached hydrogens (tertiary/aromatic N) is 2. The van der Waals surface area contributed by atoms with Crippen molar-refractivity contribution in [3.05, 3.63) is 57.5 Å². The van der Waals surface area contributed by atoms with Crippen molar-refractivity contribution < 1.29 is 18.0 Å². The number of carbonyl (C=O) groups is 1. The summed E-state index contributed by atoms with van der Waals surface area (Å²) in [6.07, 6.45) is -3.82. The van der Waals surface area contributed by atoms with Crippen LogP contribution in [0.15, 0.2) is 35.1 Å². The van der Waals surface area contributed by atoms with Gasteiger partial charge in [-0.3, -0.25) is 14.6 Å². The van der Waals surface area contributed by atoms with Gasteiger partial charge in [-0.1, -0.05) is 19.1 Å². The van der Waals surface area contributed by atoms with E-state index in [1.165, 1.54) is 12.1 Å². The van der Waals surface area contributed by atoms with E-state index >= 15 is 0 Å². The minimum absolute atomic E-state index is 0.0483. The maximum Gasteiger partial charge on any atom is 0.416 e. The molecule has 1 fully saturated rings. The number of alkyl halides is 3. The number of anilines is 1. The van der Waals surface area contributed by atoms with Crippen LogP contribution in [0.5, 0.6) is 0 Å². The monoisotopic (exact) mass is 380 g/mol. The first-order chi connectivity index (χ1) is 12.5. The number of carbonyl (C=O) groups excluding carboxylic acids is 1. The molecule has 1 aliphatic rings. The molecule has 144 valence electrons. The van der Waals surface area contributed by atoms with Gasteiger partial charge in [0.2, 0.25) is 5.95 Å². The second kappa shape index (κ2) is 6.40. The van der Waals surface area contributed by atoms with Crippen molar-refractivity contribution in [1.29, 1.82) is 0 Å². The van der Waals surface area contributed by atoms with Gasteiger partial charge in [0.25, 0.3) is 11.5 Å². The lowest BCUT2D eigenvalue weighted by atomic mass is 10.0. The molecule has 1 aromatic carbocycles. The van der Waals surface area contributed by atoms with E-state index in [0.717, 1.165) is 18.2 Å². The SMILES string of the molecule is C[C@H]1C[C@]1(NC(=O)c1cc(=O)[nH]c(N(C)C)n1)c1ccc(C(F)(F)F)cc1. The molecule has 6 nitrogen and oxygen atoms in total. The highest BCUT2D eigenvalue weighted by Gasteiger charge is 2.54. The number of amides is 1. The Balaban J connectivity index is 1.87. The first-order valence-corrected chi connectivity index (χ1v) is 8.32. The molecule has 1 amide bonds. The number of halogens is 3. The molecule has 1 saturated carbocycles. The summed E-state index contributed by atoms with van der Waals surface area (Å²) in [7, 11) is 3.35. The van der Waals surface area contributed by atoms with Gasteiger partial charge in [0.1, 0.15) is 5.69 Å². The minimum Gasteiger partial charge on any atom is -0.348 e. The third kappa shape index (κ3) is 3.67. The normalized spacial score (nSPS) is 21.6. The van der Waals surface area contributed by atoms with Crippen molar-refractivity contribution in [3.63, 3.8) is 0 Å². The molecule has 27 heavy (non-hydrogen) atoms. The van der Waals surface area contributed by atoms with Crippen LogP contribution in [0.25, 0.3) is 0 Å². The summed E-state index contributed by atoms with van der Waals surface area (Å²) in [5, 5.41) is 2.85. The van der Waals surface area contributed by atoms with Crippen LogP contribution in [-0.4, -0.2) is 30.0 Å². The second-order valence-electron chi connectivity index (χ2n) is 6.95. The fraction of sp³-hybridized carbons (Fsp3) is 0.389. The smallest absolute Gasteiger partial charge is 0.348 e. The molecule has 1 aliphatic carbocycles. The lowest BCUT2D eigenvalue weighted by molar-refractivity contribution is -0.137. The largest absolute Gasteiger partial charge is 0.416 e. The van der Waals surface area contributed by atoms with Crippen LogP contribution in [0.4, 0.5) is 19.1 Å². The molecule has 2 atom stereocenters. The van der Waals surface area contributed by atoms with Crippen LogP contribution in [-0.2, 0) is 11.7 Å². The van der Waals surface area contributed by atoms with E-state index in [-0.39, 0.29) is 17.6 Å². The van der Waals surface area contributed by atoms with Crippen LogP contribution in [0.2, 0.25) is 0 Å². The summed E-state index contributed by atoms with van der Waals surface area (Å²) in [4.78, 5) is 32.6. The van der Waals surface area contributed by atoms with E-state index in [1.54, 1.807) is 19.0 Å². The molecule has 1 aromatic heterocycles. The molecular formula is C18H19F3N4O2. The average molecular weight is 380 g/mol. The molecule has 2 aromatic rings. The lowest BCUT2D eigenvalue weighted by Crippen LogP contribution is -2.37. The molecule has 9 heteroatoms. The number of aromatic amines is 1. The Kier molecular flexibility index (Phi) is 4.49. The topological polar surface area (TPSA) is 78.1 Å². The number of benzene rings is 1. The van der Waals surface area contributed by atoms with E-state index in [1.807, 2.05) is 6.92 Å². The number of H-pyrrole nitrogens is 1. The maximum atomic E-state index is 12.8. The van der Waals surface area contributed by atoms with Crippen molar-refractivity contribution in [1.82, 2.24) is 15.3 Å². The quantitative estimate of drug-likeness (QED) is 0.855. The van der Waals surface area contributed by atoms with Gasteiger partial charge in [-0.2, -0.15) is 13.2 Å². The summed E-state index contributed by atoms with van der Waals surface area (Å²) in [6, 6.07) is 5.86. The number of hydrogen-bond donors (Lipinski definition) is 2. The standard InChI is InChI=1S/C18H19F3N4O2/c1-10-9-17(10,11-4-6-12(7-5-11)18(19,20)21)24-15(27)13-8-14(26)23-16(22-13)25(2)3/h4-8,10H,9H2,1-3H3,(H,24,27)(H,22,23,26)/t10-,17+/m0/s1. The van der Waals surface area contributed by atoms with Gasteiger partial charge >= 0.3 is 6.18 Å². The summed E-state index contributed by atoms with van der Waals surface area (Å²) in [5.41, 5.74) is -1.43. The van der Waals surface area contributed by atoms with E-state index in [2.05, 4.69) is 15.3 Å². The van der Waals surface area contributed by atoms with E-state index < -0.39 is 28.7 Å². The fourth-order valence-corrected chi connectivity index (χ4v) is 3.07. The summed E-state index contributed by atoms with van der Waals surface area (Å²) >= 11 is 0. The zero-order valence-corrected chi connectivity index (χ0v) is 15.0. The van der Waals surface area contributed by atoms with E-state index in [9.17, 15) is 22.8 Å². The second-order valence-corrected chi connectivity index (χ2v) is 6.95. The van der Waals surface area contributed by atoms with Gasteiger partial charge in [0, 0.05) is 20.2 Å². The molecule has 0 saturated heterocycles. The Labute approximate surface area is 153 Å². The van der Waals surface area contributed by atoms with Gasteiger partial charge in [-0.25, -0.2) is 4.98 Å². The number of rotatable bonds is 4. The molecule has 0 bridgehead atoms. The molecule has 0 radical (unpaired) electrons. The molecule has 0 spiro atoms. The van der Waals surface area contributed by atoms with Crippen LogP contribution in [0.3, 0.4) is 0 Å². The van der Waals surface area contributed by atoms with Crippen molar-refractivity contribution in [3.8, 4) is 0 Å². The molecule has 1 heterocycles. The fourth-order valence-electron chi connectivity index (χ4n) is 3.07. The van der Waals surface area contributed by atoms with Gasteiger partial charge < -0.3 is 10.2 Å². The van der Waals surface area contributed by atoms with Crippen molar-refractivity contribution in [2.24, 2.45) is 5.92 Å². The summed E-state index contributed by atoms with van der Waals surface area (Å²) < 4.78 is 38.3. The number of hydrogen-bond acceptors (Lipinski definition) is 4. The Morgan fingerprint density at radius 3 is 2.37 bits per heavy atom. The third-order valence-electron chi connectivity index (χ3n) is 4.76. The Morgan fingerprint density at radius 1 is 1.30 bits per heavy atom. The minimum atomic E-state index is -4.42. The van der Waals surface area contributed by atoms with Crippen molar-refractivity contribution in [2.45, 2.75) is 25.1 Å². The zero-order chi connectivity index (χ0) is 20.0. The molecular weight excluding hydrogens is 361 g/mol. The van der Waals surface area contributed by atoms with Gasteiger partial charge in [0.15, 0.2) is 0 Å². The van der Waals surface area contributed by atoms with Gasteiger partial charge in [-0.05, 0) is 30.0 Å². The van der Waals surface area contributed by atoms with Gasteiger partial charge in [-0.15, -0.1) is 0 Å². The highest BCUT2D eigenvalue weighted by atomic mass is 19.4. The average Bonchev–Trinajstić information content (AvgIpc) is 3.24. The highest BCUT2D eigenvalue weighted by molar-refractivity contribution is 5.93. The lowest BCUT2D eigenvalue weighted by Gasteiger charge is -2.20. The Bertz CT molecular complexity index is 921. The van der Waals surface area contributed by atoms with Crippen LogP contribution in [0, 0.1) is 5.92 Å². The number of nitrogens with one attached hydrogen (secondary N) is 2. The first kappa shape index (κ1) is 18.9. The van der Waals surface area contributed by atoms with E-state index in [4.69, 9.17) is 0 Å². The molecule has 3 rings (SSSR count). The summed E-state index contributed by atoms with van der Waals surface area (Å²) in [5.74, 6) is -0.262. The van der Waals surface area contributed by atoms with Crippen LogP contribution >= 0.6 is 0 Å². The third-order valence-corrected chi connectivity index (χ3v) is 4.76. The molecule has 0 aliphatic heterocycles. The zero-order valence-electron chi connectivity index (χ0n) is 15.0. The number of aromatic nitrogens is 2. The Hall–Kier alpha value is -2.84. The van der Waals surface area contributed by atoms with Crippen LogP contribution < -0.4 is 15.8 Å². The predicted molar refractivity (Wildman–Crippen MR) is 93.6 cm³/mol. The van der Waals surface area contributed by atoms with Crippen molar-refractivity contribution in [2.75, 3.05) is 19.0 Å². The summed E-state index contributed by atoms with van der Waals surface area (Å²) in [6.45, 7) is 1.90. The van der Waals surface area contributed by atoms with Crippen LogP contribution in [0.1, 0.15) is 35.0 Å².